The van der Waals surface area contributed by atoms with Crippen molar-refractivity contribution in [3.63, 3.8) is 0 Å². The van der Waals surface area contributed by atoms with Gasteiger partial charge in [0.15, 0.2) is 0 Å². The molecule has 1 rings (SSSR count). The molecular formula is C13H25NO. The maximum Gasteiger partial charge on any atom is 0.135 e. The summed E-state index contributed by atoms with van der Waals surface area (Å²) >= 11 is 0. The number of carbonyl (C=O) groups excluding carboxylic acids is 1. The second-order valence-electron chi connectivity index (χ2n) is 6.58. The Kier molecular flexibility index (Phi) is 3.59. The summed E-state index contributed by atoms with van der Waals surface area (Å²) in [5, 5.41) is 0. The second-order valence-corrected chi connectivity index (χ2v) is 6.58. The van der Waals surface area contributed by atoms with Gasteiger partial charge in [-0.15, -0.1) is 0 Å². The number of rotatable bonds is 2. The minimum absolute atomic E-state index is 0.221. The number of likely N-dealkylation sites (tertiary alicyclic amines) is 1. The van der Waals surface area contributed by atoms with Crippen LogP contribution < -0.4 is 0 Å². The maximum atomic E-state index is 11.2. The zero-order valence-electron chi connectivity index (χ0n) is 10.9. The van der Waals surface area contributed by atoms with E-state index in [2.05, 4.69) is 39.5 Å². The Bertz CT molecular complexity index is 227. The normalized spacial score (nSPS) is 20.7. The van der Waals surface area contributed by atoms with Crippen LogP contribution in [0.2, 0.25) is 0 Å². The molecule has 0 radical (unpaired) electrons. The molecule has 15 heavy (non-hydrogen) atoms. The zero-order chi connectivity index (χ0) is 11.7. The Hall–Kier alpha value is -0.370. The average molecular weight is 211 g/mol. The molecule has 1 saturated heterocycles. The van der Waals surface area contributed by atoms with Gasteiger partial charge in [-0.1, -0.05) is 20.8 Å². The van der Waals surface area contributed by atoms with Gasteiger partial charge >= 0.3 is 0 Å². The lowest BCUT2D eigenvalue weighted by Crippen LogP contribution is -2.50. The first-order valence-electron chi connectivity index (χ1n) is 5.97. The molecule has 2 nitrogen and oxygen atoms in total. The fourth-order valence-corrected chi connectivity index (χ4v) is 2.77. The summed E-state index contributed by atoms with van der Waals surface area (Å²) in [6, 6.07) is 0. The molecule has 0 saturated carbocycles. The van der Waals surface area contributed by atoms with Gasteiger partial charge in [-0.3, -0.25) is 9.69 Å². The highest BCUT2D eigenvalue weighted by Gasteiger charge is 2.33. The van der Waals surface area contributed by atoms with Crippen molar-refractivity contribution in [2.75, 3.05) is 13.1 Å². The summed E-state index contributed by atoms with van der Waals surface area (Å²) in [5.41, 5.74) is 0.573. The summed E-state index contributed by atoms with van der Waals surface area (Å²) in [7, 11) is 0. The molecule has 0 aromatic rings. The number of Topliss-reactive ketones (excluding diaryl/α,β-unsaturated/α-hetero) is 1. The van der Waals surface area contributed by atoms with Crippen LogP contribution in [-0.2, 0) is 4.79 Å². The Balaban J connectivity index is 2.57. The molecule has 2 heteroatoms. The summed E-state index contributed by atoms with van der Waals surface area (Å²) < 4.78 is 0. The smallest absolute Gasteiger partial charge is 0.135 e. The van der Waals surface area contributed by atoms with Crippen molar-refractivity contribution >= 4 is 5.78 Å². The molecule has 1 aliphatic rings. The van der Waals surface area contributed by atoms with Crippen LogP contribution in [-0.4, -0.2) is 29.3 Å². The van der Waals surface area contributed by atoms with Gasteiger partial charge in [0, 0.05) is 31.5 Å². The highest BCUT2D eigenvalue weighted by Crippen LogP contribution is 2.32. The number of piperidine rings is 1. The topological polar surface area (TPSA) is 20.3 Å². The van der Waals surface area contributed by atoms with Crippen molar-refractivity contribution in [3.8, 4) is 0 Å². The van der Waals surface area contributed by atoms with Gasteiger partial charge in [0.05, 0.1) is 0 Å². The van der Waals surface area contributed by atoms with Crippen molar-refractivity contribution in [2.24, 2.45) is 5.41 Å². The predicted octanol–water partition coefficient (Wildman–Crippen LogP) is 2.87. The third kappa shape index (κ3) is 3.94. The molecule has 0 bridgehead atoms. The van der Waals surface area contributed by atoms with Crippen molar-refractivity contribution in [3.05, 3.63) is 0 Å². The monoisotopic (exact) mass is 211 g/mol. The van der Waals surface area contributed by atoms with Crippen molar-refractivity contribution in [1.82, 2.24) is 4.90 Å². The first kappa shape index (κ1) is 12.7. The molecule has 0 amide bonds. The average Bonchev–Trinajstić information content (AvgIpc) is 2.00. The second kappa shape index (κ2) is 4.25. The van der Waals surface area contributed by atoms with E-state index in [4.69, 9.17) is 0 Å². The fourth-order valence-electron chi connectivity index (χ4n) is 2.77. The number of nitrogens with zero attached hydrogens (tertiary/aromatic N) is 1. The van der Waals surface area contributed by atoms with E-state index in [9.17, 15) is 4.79 Å². The lowest BCUT2D eigenvalue weighted by Gasteiger charge is -2.44. The zero-order valence-corrected chi connectivity index (χ0v) is 10.9. The van der Waals surface area contributed by atoms with E-state index in [0.29, 0.717) is 11.2 Å². The number of carbonyl (C=O) groups is 1. The van der Waals surface area contributed by atoms with Gasteiger partial charge in [0.2, 0.25) is 0 Å². The summed E-state index contributed by atoms with van der Waals surface area (Å²) in [4.78, 5) is 13.7. The van der Waals surface area contributed by atoms with E-state index in [-0.39, 0.29) is 5.54 Å². The van der Waals surface area contributed by atoms with Crippen LogP contribution in [0.5, 0.6) is 0 Å². The fraction of sp³-hybridized carbons (Fsp3) is 0.923. The van der Waals surface area contributed by atoms with E-state index in [0.717, 1.165) is 25.9 Å². The third-order valence-corrected chi connectivity index (χ3v) is 3.14. The molecule has 0 atom stereocenters. The van der Waals surface area contributed by atoms with E-state index in [1.165, 1.54) is 6.42 Å². The molecule has 0 spiro atoms. The van der Waals surface area contributed by atoms with E-state index < -0.39 is 0 Å². The van der Waals surface area contributed by atoms with E-state index in [1.54, 1.807) is 0 Å². The Morgan fingerprint density at radius 2 is 1.53 bits per heavy atom. The Morgan fingerprint density at radius 3 is 1.93 bits per heavy atom. The minimum atomic E-state index is 0.221. The third-order valence-electron chi connectivity index (χ3n) is 3.14. The highest BCUT2D eigenvalue weighted by molar-refractivity contribution is 5.79. The predicted molar refractivity (Wildman–Crippen MR) is 64.0 cm³/mol. The van der Waals surface area contributed by atoms with E-state index in [1.807, 2.05) is 0 Å². The Morgan fingerprint density at radius 1 is 1.07 bits per heavy atom. The first-order chi connectivity index (χ1) is 6.71. The number of hydrogen-bond acceptors (Lipinski definition) is 2. The highest BCUT2D eigenvalue weighted by atomic mass is 16.1. The molecule has 1 aliphatic heterocycles. The van der Waals surface area contributed by atoms with Crippen LogP contribution >= 0.6 is 0 Å². The van der Waals surface area contributed by atoms with Gasteiger partial charge < -0.3 is 0 Å². The molecule has 0 unspecified atom stereocenters. The lowest BCUT2D eigenvalue weighted by molar-refractivity contribution is -0.122. The first-order valence-corrected chi connectivity index (χ1v) is 5.97. The summed E-state index contributed by atoms with van der Waals surface area (Å²) in [5.74, 6) is 0.429. The lowest BCUT2D eigenvalue weighted by atomic mass is 9.80. The van der Waals surface area contributed by atoms with Gasteiger partial charge in [-0.25, -0.2) is 0 Å². The molecular weight excluding hydrogens is 186 g/mol. The van der Waals surface area contributed by atoms with Gasteiger partial charge in [0.25, 0.3) is 0 Å². The van der Waals surface area contributed by atoms with Crippen LogP contribution in [0, 0.1) is 5.41 Å². The molecule has 1 heterocycles. The molecule has 1 fully saturated rings. The quantitative estimate of drug-likeness (QED) is 0.700. The Labute approximate surface area is 94.0 Å². The van der Waals surface area contributed by atoms with Crippen LogP contribution in [0.1, 0.15) is 53.9 Å². The number of hydrogen-bond donors (Lipinski definition) is 0. The van der Waals surface area contributed by atoms with Crippen molar-refractivity contribution in [2.45, 2.75) is 59.4 Å². The minimum Gasteiger partial charge on any atom is -0.300 e. The van der Waals surface area contributed by atoms with Crippen molar-refractivity contribution in [1.29, 1.82) is 0 Å². The van der Waals surface area contributed by atoms with Gasteiger partial charge in [0.1, 0.15) is 5.78 Å². The van der Waals surface area contributed by atoms with E-state index >= 15 is 0 Å². The maximum absolute atomic E-state index is 11.2. The molecule has 0 aliphatic carbocycles. The van der Waals surface area contributed by atoms with Crippen molar-refractivity contribution < 1.29 is 4.79 Å². The number of ketones is 1. The van der Waals surface area contributed by atoms with Crippen LogP contribution in [0.15, 0.2) is 0 Å². The largest absolute Gasteiger partial charge is 0.300 e. The van der Waals surface area contributed by atoms with Crippen LogP contribution in [0.25, 0.3) is 0 Å². The van der Waals surface area contributed by atoms with Gasteiger partial charge in [-0.05, 0) is 25.7 Å². The van der Waals surface area contributed by atoms with Crippen LogP contribution in [0.4, 0.5) is 0 Å². The summed E-state index contributed by atoms with van der Waals surface area (Å²) in [6.07, 6.45) is 2.66. The SMILES string of the molecule is CC(C)(C)CC(C)(C)N1CCC(=O)CC1. The van der Waals surface area contributed by atoms with Gasteiger partial charge in [-0.2, -0.15) is 0 Å². The molecule has 88 valence electrons. The standard InChI is InChI=1S/C13H25NO/c1-12(2,3)10-13(4,5)14-8-6-11(15)7-9-14/h6-10H2,1-5H3. The summed E-state index contributed by atoms with van der Waals surface area (Å²) in [6.45, 7) is 13.3. The molecule has 0 aromatic heterocycles. The molecule has 0 aromatic carbocycles. The molecule has 0 N–H and O–H groups in total. The van der Waals surface area contributed by atoms with Crippen LogP contribution in [0.3, 0.4) is 0 Å².